The first-order chi connectivity index (χ1) is 16.2. The van der Waals surface area contributed by atoms with Gasteiger partial charge < -0.3 is 23.8 Å². The summed E-state index contributed by atoms with van der Waals surface area (Å²) in [4.78, 5) is 18.5. The smallest absolute Gasteiger partial charge is 0.228 e. The summed E-state index contributed by atoms with van der Waals surface area (Å²) in [6, 6.07) is 12.9. The first-order valence-corrected chi connectivity index (χ1v) is 10.6. The zero-order valence-corrected chi connectivity index (χ0v) is 18.6. The molecule has 1 fully saturated rings. The van der Waals surface area contributed by atoms with E-state index in [2.05, 4.69) is 15.2 Å². The Bertz CT molecular complexity index is 1060. The molecule has 0 N–H and O–H groups in total. The van der Waals surface area contributed by atoms with E-state index < -0.39 is 0 Å². The molecule has 4 rings (SSSR count). The highest BCUT2D eigenvalue weighted by Gasteiger charge is 2.32. The van der Waals surface area contributed by atoms with E-state index in [4.69, 9.17) is 18.9 Å². The normalized spacial score (nSPS) is 13.3. The number of methoxy groups -OCH3 is 2. The van der Waals surface area contributed by atoms with Crippen molar-refractivity contribution < 1.29 is 23.7 Å². The van der Waals surface area contributed by atoms with E-state index in [0.717, 1.165) is 22.6 Å². The Hall–Kier alpha value is -3.72. The van der Waals surface area contributed by atoms with Crippen molar-refractivity contribution in [2.75, 3.05) is 40.5 Å². The number of amides is 1. The van der Waals surface area contributed by atoms with E-state index in [9.17, 15) is 4.79 Å². The molecule has 0 radical (unpaired) electrons. The Labute approximate surface area is 192 Å². The summed E-state index contributed by atoms with van der Waals surface area (Å²) in [5.41, 5.74) is 2.41. The van der Waals surface area contributed by atoms with Crippen LogP contribution < -0.4 is 14.2 Å². The fraction of sp³-hybridized carbons (Fsp3) is 0.333. The Morgan fingerprint density at radius 3 is 2.70 bits per heavy atom. The van der Waals surface area contributed by atoms with Gasteiger partial charge in [-0.3, -0.25) is 4.79 Å². The second-order valence-corrected chi connectivity index (χ2v) is 7.52. The Kier molecular flexibility index (Phi) is 7.31. The number of hydrogen-bond donors (Lipinski definition) is 0. The lowest BCUT2D eigenvalue weighted by atomic mass is 10.1. The average molecular weight is 450 g/mol. The second-order valence-electron chi connectivity index (χ2n) is 7.52. The van der Waals surface area contributed by atoms with Gasteiger partial charge in [-0.2, -0.15) is 10.2 Å². The van der Waals surface area contributed by atoms with Crippen molar-refractivity contribution in [2.45, 2.75) is 12.5 Å². The summed E-state index contributed by atoms with van der Waals surface area (Å²) in [6.45, 7) is 2.03. The molecule has 9 nitrogen and oxygen atoms in total. The maximum absolute atomic E-state index is 12.3. The molecular weight excluding hydrogens is 424 g/mol. The van der Waals surface area contributed by atoms with Gasteiger partial charge >= 0.3 is 0 Å². The molecule has 1 aromatic carbocycles. The number of benzene rings is 1. The third-order valence-electron chi connectivity index (χ3n) is 5.22. The molecule has 172 valence electrons. The molecule has 0 bridgehead atoms. The van der Waals surface area contributed by atoms with E-state index in [1.807, 2.05) is 30.3 Å². The average Bonchev–Trinajstić information content (AvgIpc) is 2.82. The lowest BCUT2D eigenvalue weighted by Crippen LogP contribution is -2.56. The molecule has 1 aliphatic rings. The minimum atomic E-state index is -0.0822. The minimum Gasteiger partial charge on any atom is -0.496 e. The summed E-state index contributed by atoms with van der Waals surface area (Å²) >= 11 is 0. The molecule has 0 aliphatic carbocycles. The Morgan fingerprint density at radius 1 is 1.12 bits per heavy atom. The van der Waals surface area contributed by atoms with E-state index in [1.54, 1.807) is 43.6 Å². The van der Waals surface area contributed by atoms with Gasteiger partial charge in [0.1, 0.15) is 24.2 Å². The van der Waals surface area contributed by atoms with Crippen LogP contribution in [-0.4, -0.2) is 72.6 Å². The second kappa shape index (κ2) is 10.7. The van der Waals surface area contributed by atoms with E-state index >= 15 is 0 Å². The molecule has 9 heteroatoms. The van der Waals surface area contributed by atoms with Crippen molar-refractivity contribution in [3.63, 3.8) is 0 Å². The summed E-state index contributed by atoms with van der Waals surface area (Å²) in [5, 5.41) is 7.75. The Balaban J connectivity index is 1.33. The number of carbonyl (C=O) groups excluding carboxylic acids is 1. The van der Waals surface area contributed by atoms with Gasteiger partial charge in [0.2, 0.25) is 11.8 Å². The van der Waals surface area contributed by atoms with Gasteiger partial charge in [0.15, 0.2) is 0 Å². The van der Waals surface area contributed by atoms with Gasteiger partial charge in [-0.1, -0.05) is 0 Å². The quantitative estimate of drug-likeness (QED) is 0.435. The first kappa shape index (κ1) is 22.5. The van der Waals surface area contributed by atoms with Crippen LogP contribution in [0, 0.1) is 0 Å². The highest BCUT2D eigenvalue weighted by molar-refractivity contribution is 5.79. The van der Waals surface area contributed by atoms with Crippen LogP contribution in [0.5, 0.6) is 17.4 Å². The fourth-order valence-corrected chi connectivity index (χ4v) is 3.44. The number of likely N-dealkylation sites (tertiary alicyclic amines) is 1. The van der Waals surface area contributed by atoms with Gasteiger partial charge in [-0.05, 0) is 36.4 Å². The monoisotopic (exact) mass is 450 g/mol. The number of pyridine rings is 1. The molecule has 2 aromatic heterocycles. The molecule has 0 saturated carbocycles. The number of carbonyl (C=O) groups is 1. The minimum absolute atomic E-state index is 0.0124. The number of nitrogens with zero attached hydrogens (tertiary/aromatic N) is 4. The topological polar surface area (TPSA) is 95.9 Å². The molecule has 0 spiro atoms. The van der Waals surface area contributed by atoms with Crippen LogP contribution in [0.2, 0.25) is 0 Å². The van der Waals surface area contributed by atoms with Crippen molar-refractivity contribution in [2.24, 2.45) is 0 Å². The number of aromatic nitrogens is 3. The highest BCUT2D eigenvalue weighted by atomic mass is 16.5. The van der Waals surface area contributed by atoms with E-state index in [0.29, 0.717) is 37.9 Å². The Morgan fingerprint density at radius 2 is 2.00 bits per heavy atom. The van der Waals surface area contributed by atoms with Crippen LogP contribution in [0.25, 0.3) is 11.1 Å². The molecule has 0 atom stereocenters. The van der Waals surface area contributed by atoms with Crippen molar-refractivity contribution in [1.29, 1.82) is 0 Å². The van der Waals surface area contributed by atoms with Gasteiger partial charge in [-0.25, -0.2) is 4.98 Å². The van der Waals surface area contributed by atoms with E-state index in [-0.39, 0.29) is 18.4 Å². The molecule has 3 heterocycles. The number of ether oxygens (including phenoxy) is 4. The maximum atomic E-state index is 12.3. The van der Waals surface area contributed by atoms with Crippen LogP contribution in [-0.2, 0) is 16.0 Å². The predicted molar refractivity (Wildman–Crippen MR) is 120 cm³/mol. The first-order valence-electron chi connectivity index (χ1n) is 10.6. The summed E-state index contributed by atoms with van der Waals surface area (Å²) in [5.74, 6) is 1.97. The van der Waals surface area contributed by atoms with Crippen LogP contribution in [0.3, 0.4) is 0 Å². The fourth-order valence-electron chi connectivity index (χ4n) is 3.44. The van der Waals surface area contributed by atoms with Crippen molar-refractivity contribution >= 4 is 5.91 Å². The highest BCUT2D eigenvalue weighted by Crippen LogP contribution is 2.33. The molecule has 1 saturated heterocycles. The molecule has 33 heavy (non-hydrogen) atoms. The van der Waals surface area contributed by atoms with Crippen LogP contribution in [0.1, 0.15) is 5.69 Å². The predicted octanol–water partition coefficient (Wildman–Crippen LogP) is 2.40. The molecular formula is C24H26N4O5. The maximum Gasteiger partial charge on any atom is 0.228 e. The summed E-state index contributed by atoms with van der Waals surface area (Å²) < 4.78 is 22.1. The molecule has 1 aliphatic heterocycles. The van der Waals surface area contributed by atoms with Gasteiger partial charge in [0, 0.05) is 36.7 Å². The lowest BCUT2D eigenvalue weighted by Gasteiger charge is -2.38. The molecule has 3 aromatic rings. The largest absolute Gasteiger partial charge is 0.496 e. The van der Waals surface area contributed by atoms with Gasteiger partial charge in [0.25, 0.3) is 0 Å². The van der Waals surface area contributed by atoms with Crippen molar-refractivity contribution in [3.8, 4) is 28.5 Å². The third-order valence-corrected chi connectivity index (χ3v) is 5.22. The number of rotatable bonds is 10. The zero-order chi connectivity index (χ0) is 23.0. The van der Waals surface area contributed by atoms with Crippen molar-refractivity contribution in [1.82, 2.24) is 20.1 Å². The number of hydrogen-bond acceptors (Lipinski definition) is 8. The van der Waals surface area contributed by atoms with Crippen LogP contribution in [0.15, 0.2) is 54.9 Å². The molecule has 1 amide bonds. The summed E-state index contributed by atoms with van der Waals surface area (Å²) in [7, 11) is 3.26. The van der Waals surface area contributed by atoms with E-state index in [1.165, 1.54) is 0 Å². The zero-order valence-electron chi connectivity index (χ0n) is 18.6. The van der Waals surface area contributed by atoms with Crippen LogP contribution in [0.4, 0.5) is 0 Å². The molecule has 0 unspecified atom stereocenters. The third kappa shape index (κ3) is 5.75. The van der Waals surface area contributed by atoms with Crippen molar-refractivity contribution in [3.05, 3.63) is 60.6 Å². The van der Waals surface area contributed by atoms with Gasteiger partial charge in [-0.15, -0.1) is 0 Å². The summed E-state index contributed by atoms with van der Waals surface area (Å²) in [6.07, 6.45) is 3.48. The van der Waals surface area contributed by atoms with Gasteiger partial charge in [0.05, 0.1) is 38.9 Å². The standard InChI is InChI=1S/C24H26N4O5/c1-30-10-11-32-19-6-7-22(31-2)21(13-19)17-5-8-23(25-14-17)33-20-15-28(16-20)24(29)12-18-4-3-9-26-27-18/h3-9,13-14,20H,10-12,15-16H2,1-2H3. The lowest BCUT2D eigenvalue weighted by molar-refractivity contribution is -0.139. The SMILES string of the molecule is COCCOc1ccc(OC)c(-c2ccc(OC3CN(C(=O)Cc4cccnn4)C3)nc2)c1. The van der Waals surface area contributed by atoms with Crippen LogP contribution >= 0.6 is 0 Å².